The lowest BCUT2D eigenvalue weighted by Gasteiger charge is -2.28. The Kier molecular flexibility index (Phi) is 10.1. The molecule has 2 aliphatic rings. The highest BCUT2D eigenvalue weighted by molar-refractivity contribution is 7.89. The molecule has 2 bridgehead atoms. The van der Waals surface area contributed by atoms with Crippen LogP contribution in [0.25, 0.3) is 0 Å². The number of amides is 2. The lowest BCUT2D eigenvalue weighted by atomic mass is 9.93. The molecule has 1 N–H and O–H groups in total. The molecule has 2 heterocycles. The van der Waals surface area contributed by atoms with Crippen molar-refractivity contribution in [3.63, 3.8) is 0 Å². The number of nitrogens with one attached hydrogen (secondary N) is 1. The van der Waals surface area contributed by atoms with Gasteiger partial charge in [0.25, 0.3) is 0 Å². The number of carbonyl (C=O) groups is 2. The molecule has 2 amide bonds. The van der Waals surface area contributed by atoms with E-state index in [1.165, 1.54) is 5.56 Å². The summed E-state index contributed by atoms with van der Waals surface area (Å²) in [5, 5.41) is 0.709. The van der Waals surface area contributed by atoms with Gasteiger partial charge in [-0.15, -0.1) is 0 Å². The normalized spacial score (nSPS) is 20.2. The van der Waals surface area contributed by atoms with E-state index in [-0.39, 0.29) is 12.3 Å². The van der Waals surface area contributed by atoms with Gasteiger partial charge in [-0.3, -0.25) is 14.3 Å². The Morgan fingerprint density at radius 1 is 1.02 bits per heavy atom. The van der Waals surface area contributed by atoms with Crippen molar-refractivity contribution in [2.24, 2.45) is 0 Å². The zero-order valence-electron chi connectivity index (χ0n) is 23.2. The number of hydrogen-bond acceptors (Lipinski definition) is 6. The van der Waals surface area contributed by atoms with E-state index in [2.05, 4.69) is 15.7 Å². The highest BCUT2D eigenvalue weighted by Crippen LogP contribution is 2.36. The van der Waals surface area contributed by atoms with E-state index in [0.29, 0.717) is 29.5 Å². The smallest absolute Gasteiger partial charge is 0.241 e. The fourth-order valence-electron chi connectivity index (χ4n) is 5.18. The molecular formula is C30H38ClN3O5S. The molecule has 2 aliphatic heterocycles. The second-order valence-corrected chi connectivity index (χ2v) is 12.8. The van der Waals surface area contributed by atoms with Gasteiger partial charge >= 0.3 is 0 Å². The molecule has 0 spiro atoms. The minimum Gasteiger partial charge on any atom is -0.487 e. The van der Waals surface area contributed by atoms with Gasteiger partial charge in [-0.25, -0.2) is 8.42 Å². The molecule has 0 saturated carbocycles. The first-order valence-corrected chi connectivity index (χ1v) is 16.1. The van der Waals surface area contributed by atoms with Crippen LogP contribution in [0.5, 0.6) is 5.75 Å². The van der Waals surface area contributed by atoms with E-state index in [1.54, 1.807) is 18.0 Å². The maximum atomic E-state index is 13.2. The van der Waals surface area contributed by atoms with Gasteiger partial charge in [-0.05, 0) is 79.5 Å². The van der Waals surface area contributed by atoms with Crippen molar-refractivity contribution >= 4 is 39.1 Å². The third-order valence-electron chi connectivity index (χ3n) is 7.40. The van der Waals surface area contributed by atoms with E-state index >= 15 is 0 Å². The van der Waals surface area contributed by atoms with Crippen LogP contribution >= 0.6 is 11.6 Å². The Balaban J connectivity index is 1.77. The summed E-state index contributed by atoms with van der Waals surface area (Å²) in [4.78, 5) is 30.2. The summed E-state index contributed by atoms with van der Waals surface area (Å²) in [6.07, 6.45) is 10.6. The van der Waals surface area contributed by atoms with E-state index in [0.717, 1.165) is 69.1 Å². The highest BCUT2D eigenvalue weighted by atomic mass is 35.5. The van der Waals surface area contributed by atoms with Crippen LogP contribution in [0.2, 0.25) is 5.02 Å². The summed E-state index contributed by atoms with van der Waals surface area (Å²) in [5.41, 5.74) is 3.68. The molecule has 216 valence electrons. The van der Waals surface area contributed by atoms with Gasteiger partial charge in [0.05, 0.1) is 17.9 Å². The number of aryl methyl sites for hydroxylation is 1. The van der Waals surface area contributed by atoms with E-state index < -0.39 is 21.8 Å². The predicted molar refractivity (Wildman–Crippen MR) is 158 cm³/mol. The largest absolute Gasteiger partial charge is 0.487 e. The molecule has 4 rings (SSSR count). The van der Waals surface area contributed by atoms with Crippen LogP contribution in [0, 0.1) is 0 Å². The van der Waals surface area contributed by atoms with Crippen molar-refractivity contribution in [1.82, 2.24) is 9.62 Å². The van der Waals surface area contributed by atoms with Crippen LogP contribution in [0.3, 0.4) is 0 Å². The Morgan fingerprint density at radius 3 is 2.58 bits per heavy atom. The van der Waals surface area contributed by atoms with Crippen LogP contribution < -0.4 is 14.4 Å². The van der Waals surface area contributed by atoms with Crippen LogP contribution in [0.15, 0.2) is 48.6 Å². The number of likely N-dealkylation sites (N-methyl/N-ethyl adjacent to an activating group) is 1. The summed E-state index contributed by atoms with van der Waals surface area (Å²) in [5.74, 6) is -1.26. The number of sulfonamides is 1. The lowest BCUT2D eigenvalue weighted by Crippen LogP contribution is -2.37. The average Bonchev–Trinajstić information content (AvgIpc) is 2.93. The maximum absolute atomic E-state index is 13.2. The number of nitrogens with zero attached hydrogens (tertiary/aromatic N) is 2. The van der Waals surface area contributed by atoms with Crippen molar-refractivity contribution in [3.8, 4) is 5.75 Å². The summed E-state index contributed by atoms with van der Waals surface area (Å²) in [6.45, 7) is 2.41. The van der Waals surface area contributed by atoms with E-state index in [9.17, 15) is 18.0 Å². The van der Waals surface area contributed by atoms with Gasteiger partial charge in [0.1, 0.15) is 12.4 Å². The molecule has 0 fully saturated rings. The molecule has 2 aromatic carbocycles. The van der Waals surface area contributed by atoms with Crippen LogP contribution in [-0.4, -0.2) is 58.1 Å². The van der Waals surface area contributed by atoms with Gasteiger partial charge in [0.2, 0.25) is 21.8 Å². The minimum atomic E-state index is -3.81. The maximum Gasteiger partial charge on any atom is 0.241 e. The molecular weight excluding hydrogens is 550 g/mol. The molecule has 0 radical (unpaired) electrons. The zero-order valence-corrected chi connectivity index (χ0v) is 24.8. The number of fused-ring (bicyclic) bond motifs is 2. The van der Waals surface area contributed by atoms with Gasteiger partial charge in [0, 0.05) is 38.1 Å². The standard InChI is InChI=1S/C30H38ClN3O5S/c1-33-15-7-4-3-5-8-16-34-17-9-6-10-22-18-25(31)13-11-24(22)21-39-28-14-12-23(19-27(28)34)26(20-29(33)35)30(36)32-40(2,37)38/h4,7,11-14,18-19,26H,3,5-6,8-10,15-17,20-21H2,1-2H3,(H,32,36)/b7-4+/t26-/m1/s1. The second kappa shape index (κ2) is 13.5. The van der Waals surface area contributed by atoms with Crippen molar-refractivity contribution < 1.29 is 22.7 Å². The van der Waals surface area contributed by atoms with Crippen molar-refractivity contribution in [3.05, 3.63) is 70.3 Å². The summed E-state index contributed by atoms with van der Waals surface area (Å²) in [7, 11) is -2.12. The fraction of sp³-hybridized carbons (Fsp3) is 0.467. The number of benzene rings is 2. The van der Waals surface area contributed by atoms with Crippen molar-refractivity contribution in [2.45, 2.75) is 57.5 Å². The molecule has 2 aromatic rings. The Hall–Kier alpha value is -3.04. The first-order chi connectivity index (χ1) is 19.1. The van der Waals surface area contributed by atoms with Crippen LogP contribution in [-0.2, 0) is 32.6 Å². The number of carbonyl (C=O) groups excluding carboxylic acids is 2. The number of anilines is 1. The third-order valence-corrected chi connectivity index (χ3v) is 8.21. The quantitative estimate of drug-likeness (QED) is 0.507. The number of ether oxygens (including phenoxy) is 1. The molecule has 40 heavy (non-hydrogen) atoms. The summed E-state index contributed by atoms with van der Waals surface area (Å²) in [6, 6.07) is 11.4. The molecule has 0 aromatic heterocycles. The third kappa shape index (κ3) is 8.24. The average molecular weight is 588 g/mol. The molecule has 0 unspecified atom stereocenters. The van der Waals surface area contributed by atoms with Crippen LogP contribution in [0.4, 0.5) is 5.69 Å². The number of rotatable bonds is 2. The summed E-state index contributed by atoms with van der Waals surface area (Å²) < 4.78 is 32.4. The van der Waals surface area contributed by atoms with Gasteiger partial charge < -0.3 is 14.5 Å². The van der Waals surface area contributed by atoms with E-state index in [1.807, 2.05) is 36.4 Å². The van der Waals surface area contributed by atoms with Crippen molar-refractivity contribution in [1.29, 1.82) is 0 Å². The topological polar surface area (TPSA) is 96.0 Å². The molecule has 8 nitrogen and oxygen atoms in total. The Morgan fingerprint density at radius 2 is 1.80 bits per heavy atom. The monoisotopic (exact) mass is 587 g/mol. The Bertz CT molecular complexity index is 1360. The van der Waals surface area contributed by atoms with Crippen molar-refractivity contribution in [2.75, 3.05) is 37.8 Å². The van der Waals surface area contributed by atoms with Crippen LogP contribution in [0.1, 0.15) is 61.1 Å². The van der Waals surface area contributed by atoms with Gasteiger partial charge in [-0.2, -0.15) is 0 Å². The highest BCUT2D eigenvalue weighted by Gasteiger charge is 2.29. The summed E-state index contributed by atoms with van der Waals surface area (Å²) >= 11 is 6.28. The zero-order chi connectivity index (χ0) is 28.7. The molecule has 0 aliphatic carbocycles. The molecule has 10 heteroatoms. The fourth-order valence-corrected chi connectivity index (χ4v) is 5.88. The number of hydrogen-bond donors (Lipinski definition) is 1. The predicted octanol–water partition coefficient (Wildman–Crippen LogP) is 4.81. The number of halogens is 1. The Labute approximate surface area is 242 Å². The molecule has 0 saturated heterocycles. The molecule has 1 atom stereocenters. The first-order valence-electron chi connectivity index (χ1n) is 13.8. The second-order valence-electron chi connectivity index (χ2n) is 10.6. The lowest BCUT2D eigenvalue weighted by molar-refractivity contribution is -0.132. The van der Waals surface area contributed by atoms with Gasteiger partial charge in [0.15, 0.2) is 0 Å². The van der Waals surface area contributed by atoms with E-state index in [4.69, 9.17) is 16.3 Å². The van der Waals surface area contributed by atoms with Gasteiger partial charge in [-0.1, -0.05) is 35.9 Å². The minimum absolute atomic E-state index is 0.153. The number of allylic oxidation sites excluding steroid dienone is 1. The SMILES string of the molecule is CN1C/C=C/CCCCN2CCCCc3cc(Cl)ccc3COc3ccc(cc32)[C@H](C(=O)NS(C)(=O)=O)CC1=O. The first kappa shape index (κ1) is 29.9.